The predicted molar refractivity (Wildman–Crippen MR) is 155 cm³/mol. The molecule has 1 aromatic carbocycles. The predicted octanol–water partition coefficient (Wildman–Crippen LogP) is 4.71. The molecule has 1 aliphatic carbocycles. The molecule has 2 amide bonds. The fourth-order valence-electron chi connectivity index (χ4n) is 6.83. The SMILES string of the molecule is O=C(NCC(=O)N1CC[C@]2(CCN(C3CCC(O)(c4ccc(-c5nccs5)cn4)CC3)C2)C1)c1cccc(C(F)(F)F)c1. The molecule has 228 valence electrons. The van der Waals surface area contributed by atoms with Crippen molar-refractivity contribution in [1.82, 2.24) is 25.1 Å². The summed E-state index contributed by atoms with van der Waals surface area (Å²) in [5.41, 5.74) is -0.324. The van der Waals surface area contributed by atoms with Crippen molar-refractivity contribution in [3.63, 3.8) is 0 Å². The lowest BCUT2D eigenvalue weighted by Crippen LogP contribution is -2.43. The van der Waals surface area contributed by atoms with E-state index in [9.17, 15) is 27.9 Å². The summed E-state index contributed by atoms with van der Waals surface area (Å²) in [6.45, 7) is 2.78. The summed E-state index contributed by atoms with van der Waals surface area (Å²) in [7, 11) is 0. The third-order valence-electron chi connectivity index (χ3n) is 9.33. The van der Waals surface area contributed by atoms with Gasteiger partial charge in [0, 0.05) is 60.0 Å². The lowest BCUT2D eigenvalue weighted by atomic mass is 9.79. The van der Waals surface area contributed by atoms with Crippen molar-refractivity contribution in [3.05, 3.63) is 71.0 Å². The molecule has 0 radical (unpaired) electrons. The molecule has 4 heterocycles. The molecule has 2 aliphatic heterocycles. The van der Waals surface area contributed by atoms with E-state index in [0.29, 0.717) is 37.7 Å². The standard InChI is InChI=1S/C31H34F3N5O3S/c32-31(33,34)23-3-1-2-21(16-23)27(41)37-18-26(40)39-14-11-29(20-39)10-13-38(19-29)24-6-8-30(42,9-7-24)25-5-4-22(17-36-25)28-35-12-15-43-28/h1-5,12,15-17,24,42H,6-11,13-14,18-20H2,(H,37,41)/t24?,29-,30?/m0/s1. The first-order chi connectivity index (χ1) is 20.5. The van der Waals surface area contributed by atoms with E-state index < -0.39 is 23.2 Å². The van der Waals surface area contributed by atoms with Crippen LogP contribution in [0.4, 0.5) is 13.2 Å². The van der Waals surface area contributed by atoms with E-state index in [-0.39, 0.29) is 23.4 Å². The number of nitrogens with zero attached hydrogens (tertiary/aromatic N) is 4. The van der Waals surface area contributed by atoms with Gasteiger partial charge in [0.1, 0.15) is 10.6 Å². The molecule has 3 aromatic rings. The van der Waals surface area contributed by atoms with E-state index in [4.69, 9.17) is 0 Å². The van der Waals surface area contributed by atoms with E-state index in [2.05, 4.69) is 20.2 Å². The number of likely N-dealkylation sites (tertiary alicyclic amines) is 2. The summed E-state index contributed by atoms with van der Waals surface area (Å²) in [4.78, 5) is 38.5. The molecule has 3 fully saturated rings. The maximum Gasteiger partial charge on any atom is 0.416 e. The van der Waals surface area contributed by atoms with Gasteiger partial charge in [-0.3, -0.25) is 19.5 Å². The Bertz CT molecular complexity index is 1460. The van der Waals surface area contributed by atoms with Gasteiger partial charge < -0.3 is 15.3 Å². The summed E-state index contributed by atoms with van der Waals surface area (Å²) in [6, 6.07) is 8.43. The molecule has 2 aromatic heterocycles. The van der Waals surface area contributed by atoms with Crippen LogP contribution in [0, 0.1) is 5.41 Å². The van der Waals surface area contributed by atoms with Crippen LogP contribution in [-0.2, 0) is 16.6 Å². The number of hydrogen-bond donors (Lipinski definition) is 2. The number of thiazole rings is 1. The molecule has 1 atom stereocenters. The lowest BCUT2D eigenvalue weighted by molar-refractivity contribution is -0.137. The maximum absolute atomic E-state index is 13.0. The molecule has 6 rings (SSSR count). The van der Waals surface area contributed by atoms with Crippen LogP contribution in [0.3, 0.4) is 0 Å². The van der Waals surface area contributed by atoms with Crippen LogP contribution in [-0.4, -0.2) is 75.5 Å². The zero-order valence-electron chi connectivity index (χ0n) is 23.6. The minimum atomic E-state index is -4.55. The molecular weight excluding hydrogens is 579 g/mol. The molecule has 2 saturated heterocycles. The van der Waals surface area contributed by atoms with Crippen LogP contribution in [0.2, 0.25) is 0 Å². The number of nitrogens with one attached hydrogen (secondary N) is 1. The molecule has 0 unspecified atom stereocenters. The Morgan fingerprint density at radius 2 is 1.84 bits per heavy atom. The van der Waals surface area contributed by atoms with Crippen molar-refractivity contribution in [2.45, 2.75) is 56.3 Å². The number of rotatable bonds is 6. The molecular formula is C31H34F3N5O3S. The quantitative estimate of drug-likeness (QED) is 0.418. The van der Waals surface area contributed by atoms with Crippen molar-refractivity contribution in [3.8, 4) is 10.6 Å². The highest BCUT2D eigenvalue weighted by Crippen LogP contribution is 2.44. The highest BCUT2D eigenvalue weighted by atomic mass is 32.1. The summed E-state index contributed by atoms with van der Waals surface area (Å²) in [5.74, 6) is -0.935. The largest absolute Gasteiger partial charge is 0.416 e. The maximum atomic E-state index is 13.0. The first kappa shape index (κ1) is 29.7. The lowest BCUT2D eigenvalue weighted by Gasteiger charge is -2.39. The summed E-state index contributed by atoms with van der Waals surface area (Å²) in [5, 5.41) is 16.7. The molecule has 3 aliphatic rings. The van der Waals surface area contributed by atoms with Crippen LogP contribution in [0.15, 0.2) is 54.2 Å². The zero-order chi connectivity index (χ0) is 30.2. The van der Waals surface area contributed by atoms with E-state index in [1.807, 2.05) is 17.5 Å². The fraction of sp³-hybridized carbons (Fsp3) is 0.484. The van der Waals surface area contributed by atoms with Crippen molar-refractivity contribution in [1.29, 1.82) is 0 Å². The number of benzene rings is 1. The van der Waals surface area contributed by atoms with Crippen molar-refractivity contribution in [2.24, 2.45) is 5.41 Å². The fourth-order valence-corrected chi connectivity index (χ4v) is 7.46. The van der Waals surface area contributed by atoms with Gasteiger partial charge in [0.25, 0.3) is 5.91 Å². The molecule has 8 nitrogen and oxygen atoms in total. The van der Waals surface area contributed by atoms with E-state index >= 15 is 0 Å². The van der Waals surface area contributed by atoms with Gasteiger partial charge in [-0.15, -0.1) is 11.3 Å². The van der Waals surface area contributed by atoms with Gasteiger partial charge in [-0.2, -0.15) is 13.2 Å². The van der Waals surface area contributed by atoms with E-state index in [0.717, 1.165) is 61.5 Å². The number of carbonyl (C=O) groups is 2. The van der Waals surface area contributed by atoms with Gasteiger partial charge in [-0.25, -0.2) is 4.98 Å². The summed E-state index contributed by atoms with van der Waals surface area (Å²) in [6.07, 6.45) is 3.88. The number of amides is 2. The van der Waals surface area contributed by atoms with Crippen LogP contribution < -0.4 is 5.32 Å². The molecule has 1 spiro atoms. The summed E-state index contributed by atoms with van der Waals surface area (Å²) < 4.78 is 39.0. The number of pyridine rings is 1. The van der Waals surface area contributed by atoms with E-state index in [1.165, 1.54) is 12.1 Å². The van der Waals surface area contributed by atoms with Gasteiger partial charge in [-0.1, -0.05) is 6.07 Å². The molecule has 0 bridgehead atoms. The van der Waals surface area contributed by atoms with Crippen molar-refractivity contribution < 1.29 is 27.9 Å². The number of aromatic nitrogens is 2. The van der Waals surface area contributed by atoms with Crippen molar-refractivity contribution >= 4 is 23.2 Å². The highest BCUT2D eigenvalue weighted by molar-refractivity contribution is 7.13. The third kappa shape index (κ3) is 6.32. The van der Waals surface area contributed by atoms with Crippen LogP contribution >= 0.6 is 11.3 Å². The molecule has 1 saturated carbocycles. The molecule has 43 heavy (non-hydrogen) atoms. The average Bonchev–Trinajstić information content (AvgIpc) is 3.78. The minimum absolute atomic E-state index is 0.00166. The number of carbonyl (C=O) groups excluding carboxylic acids is 2. The zero-order valence-corrected chi connectivity index (χ0v) is 24.5. The third-order valence-corrected chi connectivity index (χ3v) is 10.2. The first-order valence-electron chi connectivity index (χ1n) is 14.6. The van der Waals surface area contributed by atoms with Gasteiger partial charge in [-0.05, 0) is 75.4 Å². The van der Waals surface area contributed by atoms with Crippen LogP contribution in [0.5, 0.6) is 0 Å². The van der Waals surface area contributed by atoms with Crippen LogP contribution in [0.25, 0.3) is 10.6 Å². The topological polar surface area (TPSA) is 98.7 Å². The Kier molecular flexibility index (Phi) is 8.03. The first-order valence-corrected chi connectivity index (χ1v) is 15.5. The Morgan fingerprint density at radius 3 is 2.53 bits per heavy atom. The van der Waals surface area contributed by atoms with Crippen molar-refractivity contribution in [2.75, 3.05) is 32.7 Å². The number of halogens is 3. The van der Waals surface area contributed by atoms with E-state index in [1.54, 1.807) is 28.6 Å². The Morgan fingerprint density at radius 1 is 1.05 bits per heavy atom. The minimum Gasteiger partial charge on any atom is -0.384 e. The second kappa shape index (κ2) is 11.6. The second-order valence-electron chi connectivity index (χ2n) is 12.1. The van der Waals surface area contributed by atoms with Gasteiger partial charge in [0.2, 0.25) is 5.91 Å². The Hall–Kier alpha value is -3.35. The van der Waals surface area contributed by atoms with Gasteiger partial charge >= 0.3 is 6.18 Å². The normalized spacial score (nSPS) is 26.2. The highest BCUT2D eigenvalue weighted by Gasteiger charge is 2.47. The molecule has 2 N–H and O–H groups in total. The monoisotopic (exact) mass is 613 g/mol. The number of aliphatic hydroxyl groups is 1. The average molecular weight is 614 g/mol. The second-order valence-corrected chi connectivity index (χ2v) is 13.0. The Labute approximate surface area is 251 Å². The van der Waals surface area contributed by atoms with Crippen LogP contribution in [0.1, 0.15) is 60.1 Å². The number of alkyl halides is 3. The molecule has 12 heteroatoms. The van der Waals surface area contributed by atoms with Gasteiger partial charge in [0.05, 0.1) is 17.8 Å². The Balaban J connectivity index is 0.981. The smallest absolute Gasteiger partial charge is 0.384 e. The number of hydrogen-bond acceptors (Lipinski definition) is 7. The summed E-state index contributed by atoms with van der Waals surface area (Å²) >= 11 is 1.56. The van der Waals surface area contributed by atoms with Gasteiger partial charge in [0.15, 0.2) is 0 Å².